The smallest absolute Gasteiger partial charge is 0.234 e. The lowest BCUT2D eigenvalue weighted by atomic mass is 9.89. The van der Waals surface area contributed by atoms with Gasteiger partial charge >= 0.3 is 0 Å². The van der Waals surface area contributed by atoms with Gasteiger partial charge in [-0.25, -0.2) is 0 Å². The molecule has 100 valence electrons. The number of hydrogen-bond donors (Lipinski definition) is 2. The first-order chi connectivity index (χ1) is 8.84. The minimum Gasteiger partial charge on any atom is -0.467 e. The SMILES string of the molecule is O=C(CNCC1CCCCC1)NCc1ccco1. The Kier molecular flexibility index (Phi) is 5.27. The van der Waals surface area contributed by atoms with Crippen molar-refractivity contribution in [3.63, 3.8) is 0 Å². The minimum absolute atomic E-state index is 0.0298. The second-order valence-electron chi connectivity index (χ2n) is 4.99. The van der Waals surface area contributed by atoms with Gasteiger partial charge in [-0.05, 0) is 37.4 Å². The molecule has 0 spiro atoms. The molecule has 0 aromatic carbocycles. The van der Waals surface area contributed by atoms with Crippen molar-refractivity contribution in [1.82, 2.24) is 10.6 Å². The Labute approximate surface area is 108 Å². The van der Waals surface area contributed by atoms with Crippen molar-refractivity contribution >= 4 is 5.91 Å². The quantitative estimate of drug-likeness (QED) is 0.812. The maximum Gasteiger partial charge on any atom is 0.234 e. The Morgan fingerprint density at radius 3 is 2.89 bits per heavy atom. The van der Waals surface area contributed by atoms with E-state index in [0.717, 1.165) is 18.2 Å². The van der Waals surface area contributed by atoms with E-state index in [2.05, 4.69) is 10.6 Å². The summed E-state index contributed by atoms with van der Waals surface area (Å²) >= 11 is 0. The molecule has 0 saturated heterocycles. The molecular weight excluding hydrogens is 228 g/mol. The maximum absolute atomic E-state index is 11.6. The molecule has 18 heavy (non-hydrogen) atoms. The summed E-state index contributed by atoms with van der Waals surface area (Å²) in [5.74, 6) is 1.58. The molecule has 0 aliphatic heterocycles. The van der Waals surface area contributed by atoms with Crippen molar-refractivity contribution in [2.75, 3.05) is 13.1 Å². The second kappa shape index (κ2) is 7.21. The molecule has 1 heterocycles. The molecule has 1 saturated carbocycles. The van der Waals surface area contributed by atoms with Gasteiger partial charge in [-0.2, -0.15) is 0 Å². The van der Waals surface area contributed by atoms with Crippen molar-refractivity contribution < 1.29 is 9.21 Å². The highest BCUT2D eigenvalue weighted by Crippen LogP contribution is 2.22. The van der Waals surface area contributed by atoms with E-state index in [4.69, 9.17) is 4.42 Å². The van der Waals surface area contributed by atoms with E-state index in [0.29, 0.717) is 13.1 Å². The van der Waals surface area contributed by atoms with Crippen molar-refractivity contribution in [2.24, 2.45) is 5.92 Å². The second-order valence-corrected chi connectivity index (χ2v) is 4.99. The summed E-state index contributed by atoms with van der Waals surface area (Å²) < 4.78 is 5.15. The lowest BCUT2D eigenvalue weighted by Gasteiger charge is -2.21. The molecule has 0 bridgehead atoms. The predicted molar refractivity (Wildman–Crippen MR) is 70.0 cm³/mol. The summed E-state index contributed by atoms with van der Waals surface area (Å²) in [5.41, 5.74) is 0. The molecule has 0 unspecified atom stereocenters. The molecule has 0 atom stereocenters. The molecule has 1 aliphatic rings. The monoisotopic (exact) mass is 250 g/mol. The number of nitrogens with one attached hydrogen (secondary N) is 2. The molecule has 4 heteroatoms. The van der Waals surface area contributed by atoms with Crippen LogP contribution >= 0.6 is 0 Å². The van der Waals surface area contributed by atoms with Crippen molar-refractivity contribution in [2.45, 2.75) is 38.6 Å². The first-order valence-electron chi connectivity index (χ1n) is 6.84. The van der Waals surface area contributed by atoms with E-state index < -0.39 is 0 Å². The molecule has 1 amide bonds. The van der Waals surface area contributed by atoms with Gasteiger partial charge in [0.25, 0.3) is 0 Å². The van der Waals surface area contributed by atoms with Crippen LogP contribution in [0.3, 0.4) is 0 Å². The van der Waals surface area contributed by atoms with Gasteiger partial charge in [0, 0.05) is 0 Å². The van der Waals surface area contributed by atoms with Gasteiger partial charge in [0.1, 0.15) is 5.76 Å². The minimum atomic E-state index is 0.0298. The fourth-order valence-electron chi connectivity index (χ4n) is 2.44. The molecule has 2 rings (SSSR count). The van der Waals surface area contributed by atoms with Gasteiger partial charge in [0.15, 0.2) is 0 Å². The molecule has 1 aliphatic carbocycles. The Morgan fingerprint density at radius 1 is 1.33 bits per heavy atom. The van der Waals surface area contributed by atoms with Crippen LogP contribution in [0.1, 0.15) is 37.9 Å². The number of rotatable bonds is 6. The topological polar surface area (TPSA) is 54.3 Å². The van der Waals surface area contributed by atoms with Crippen LogP contribution in [0.4, 0.5) is 0 Å². The third-order valence-corrected chi connectivity index (χ3v) is 3.48. The van der Waals surface area contributed by atoms with Gasteiger partial charge in [-0.15, -0.1) is 0 Å². The molecular formula is C14H22N2O2. The molecule has 4 nitrogen and oxygen atoms in total. The van der Waals surface area contributed by atoms with Crippen LogP contribution in [0.5, 0.6) is 0 Å². The summed E-state index contributed by atoms with van der Waals surface area (Å²) in [6.45, 7) is 1.84. The van der Waals surface area contributed by atoms with E-state index >= 15 is 0 Å². The van der Waals surface area contributed by atoms with Crippen LogP contribution < -0.4 is 10.6 Å². The predicted octanol–water partition coefficient (Wildman–Crippen LogP) is 2.07. The Balaban J connectivity index is 1.54. The lowest BCUT2D eigenvalue weighted by molar-refractivity contribution is -0.120. The van der Waals surface area contributed by atoms with Gasteiger partial charge in [0.05, 0.1) is 19.4 Å². The number of furan rings is 1. The Morgan fingerprint density at radius 2 is 2.17 bits per heavy atom. The zero-order valence-corrected chi connectivity index (χ0v) is 10.8. The first kappa shape index (κ1) is 13.1. The maximum atomic E-state index is 11.6. The normalized spacial score (nSPS) is 16.7. The third kappa shape index (κ3) is 4.53. The van der Waals surface area contributed by atoms with Crippen LogP contribution in [-0.4, -0.2) is 19.0 Å². The van der Waals surface area contributed by atoms with E-state index in [1.54, 1.807) is 6.26 Å². The van der Waals surface area contributed by atoms with Crippen LogP contribution in [0.15, 0.2) is 22.8 Å². The van der Waals surface area contributed by atoms with Crippen molar-refractivity contribution in [3.05, 3.63) is 24.2 Å². The number of amides is 1. The van der Waals surface area contributed by atoms with E-state index in [1.165, 1.54) is 32.1 Å². The highest BCUT2D eigenvalue weighted by atomic mass is 16.3. The fourth-order valence-corrected chi connectivity index (χ4v) is 2.44. The molecule has 2 N–H and O–H groups in total. The van der Waals surface area contributed by atoms with Crippen molar-refractivity contribution in [1.29, 1.82) is 0 Å². The van der Waals surface area contributed by atoms with E-state index in [-0.39, 0.29) is 5.91 Å². The van der Waals surface area contributed by atoms with Crippen LogP contribution in [0, 0.1) is 5.92 Å². The largest absolute Gasteiger partial charge is 0.467 e. The van der Waals surface area contributed by atoms with E-state index in [9.17, 15) is 4.79 Å². The zero-order valence-electron chi connectivity index (χ0n) is 10.8. The summed E-state index contributed by atoms with van der Waals surface area (Å²) in [7, 11) is 0. The van der Waals surface area contributed by atoms with Gasteiger partial charge in [-0.3, -0.25) is 4.79 Å². The standard InChI is InChI=1S/C14H22N2O2/c17-14(16-10-13-7-4-8-18-13)11-15-9-12-5-2-1-3-6-12/h4,7-8,12,15H,1-3,5-6,9-11H2,(H,16,17). The summed E-state index contributed by atoms with van der Waals surface area (Å²) in [6, 6.07) is 3.68. The average Bonchev–Trinajstić information content (AvgIpc) is 2.91. The molecule has 1 aromatic heterocycles. The van der Waals surface area contributed by atoms with E-state index in [1.807, 2.05) is 12.1 Å². The van der Waals surface area contributed by atoms with Gasteiger partial charge < -0.3 is 15.1 Å². The number of carbonyl (C=O) groups excluding carboxylic acids is 1. The van der Waals surface area contributed by atoms with Crippen LogP contribution in [-0.2, 0) is 11.3 Å². The molecule has 1 aromatic rings. The highest BCUT2D eigenvalue weighted by molar-refractivity contribution is 5.77. The highest BCUT2D eigenvalue weighted by Gasteiger charge is 2.13. The average molecular weight is 250 g/mol. The Hall–Kier alpha value is -1.29. The summed E-state index contributed by atoms with van der Waals surface area (Å²) in [5, 5.41) is 6.07. The van der Waals surface area contributed by atoms with Crippen LogP contribution in [0.2, 0.25) is 0 Å². The molecule has 1 fully saturated rings. The first-order valence-corrected chi connectivity index (χ1v) is 6.84. The Bertz CT molecular complexity index is 343. The van der Waals surface area contributed by atoms with Gasteiger partial charge in [0.2, 0.25) is 5.91 Å². The zero-order chi connectivity index (χ0) is 12.6. The number of hydrogen-bond acceptors (Lipinski definition) is 3. The summed E-state index contributed by atoms with van der Waals surface area (Å²) in [4.78, 5) is 11.6. The van der Waals surface area contributed by atoms with Crippen molar-refractivity contribution in [3.8, 4) is 0 Å². The van der Waals surface area contributed by atoms with Crippen LogP contribution in [0.25, 0.3) is 0 Å². The molecule has 0 radical (unpaired) electrons. The number of carbonyl (C=O) groups is 1. The fraction of sp³-hybridized carbons (Fsp3) is 0.643. The van der Waals surface area contributed by atoms with Gasteiger partial charge in [-0.1, -0.05) is 19.3 Å². The summed E-state index contributed by atoms with van der Waals surface area (Å²) in [6.07, 6.45) is 8.29. The third-order valence-electron chi connectivity index (χ3n) is 3.48. The lowest BCUT2D eigenvalue weighted by Crippen LogP contribution is -2.36.